The van der Waals surface area contributed by atoms with Crippen molar-refractivity contribution in [2.45, 2.75) is 71.4 Å². The zero-order valence-electron chi connectivity index (χ0n) is 42.7. The van der Waals surface area contributed by atoms with Gasteiger partial charge in [-0.1, -0.05) is 44.2 Å². The number of urea groups is 1. The number of nitrogens with one attached hydrogen (secondary N) is 1. The molecule has 4 aromatic heterocycles. The minimum atomic E-state index is -0.436. The lowest BCUT2D eigenvalue weighted by molar-refractivity contribution is -0.134. The highest BCUT2D eigenvalue weighted by Gasteiger charge is 2.36. The Morgan fingerprint density at radius 1 is 0.712 bits per heavy atom. The fraction of sp³-hybridized carbons (Fsp3) is 0.382. The molecule has 4 aliphatic rings. The van der Waals surface area contributed by atoms with Crippen molar-refractivity contribution in [3.8, 4) is 34.0 Å². The number of piperazine rings is 1. The van der Waals surface area contributed by atoms with E-state index < -0.39 is 5.92 Å². The highest BCUT2D eigenvalue weighted by molar-refractivity contribution is 6.06. The molecular weight excluding hydrogens is 923 g/mol. The molecule has 3 aromatic carbocycles. The van der Waals surface area contributed by atoms with E-state index in [2.05, 4.69) is 73.4 Å². The Morgan fingerprint density at radius 2 is 1.48 bits per heavy atom. The minimum Gasteiger partial charge on any atom is -0.467 e. The number of aryl methyl sites for hydroxylation is 2. The van der Waals surface area contributed by atoms with Crippen LogP contribution in [0, 0.1) is 6.92 Å². The number of hydrogen-bond acceptors (Lipinski definition) is 12. The molecule has 73 heavy (non-hydrogen) atoms. The Bertz CT molecular complexity index is 3250. The van der Waals surface area contributed by atoms with Gasteiger partial charge in [0.05, 0.1) is 47.5 Å². The maximum Gasteiger partial charge on any atom is 0.353 e. The lowest BCUT2D eigenvalue weighted by atomic mass is 9.91. The van der Waals surface area contributed by atoms with Gasteiger partial charge >= 0.3 is 17.7 Å². The lowest BCUT2D eigenvalue weighted by Gasteiger charge is -2.47. The lowest BCUT2D eigenvalue weighted by Crippen LogP contribution is -2.57. The number of carbonyl (C=O) groups is 3. The number of ether oxygens (including phenoxy) is 1. The molecule has 18 heteroatoms. The summed E-state index contributed by atoms with van der Waals surface area (Å²) in [5.41, 5.74) is 9.64. The molecule has 4 saturated heterocycles. The molecule has 0 bridgehead atoms. The molecule has 11 rings (SSSR count). The normalized spacial score (nSPS) is 18.9. The first kappa shape index (κ1) is 48.8. The molecule has 0 radical (unpaired) electrons. The molecular formula is C55H63N13O5. The molecule has 18 nitrogen and oxygen atoms in total. The van der Waals surface area contributed by atoms with E-state index in [1.165, 1.54) is 16.4 Å². The Morgan fingerprint density at radius 3 is 2.21 bits per heavy atom. The zero-order chi connectivity index (χ0) is 51.1. The molecule has 4 amide bonds. The highest BCUT2D eigenvalue weighted by atomic mass is 16.5. The smallest absolute Gasteiger partial charge is 0.353 e. The van der Waals surface area contributed by atoms with Crippen LogP contribution in [0.3, 0.4) is 0 Å². The Labute approximate surface area is 424 Å². The van der Waals surface area contributed by atoms with E-state index in [9.17, 15) is 19.2 Å². The third kappa shape index (κ3) is 8.97. The first-order chi connectivity index (χ1) is 35.5. The SMILES string of the molecule is CC.COc1nn(C)c(=O)n1-c1ccc(-c2ccnc(N3CCN(c4cccnc4)C3=O)c2C)c(-c2ccc(N3CCN(C4CCN(c5cccc6c(C7CCC(=O)NC7=O)nn(C)c56)CC4)[C@@H](C)C3)cc2)c1. The summed E-state index contributed by atoms with van der Waals surface area (Å²) in [6.45, 7) is 13.9. The van der Waals surface area contributed by atoms with E-state index in [0.29, 0.717) is 49.5 Å². The summed E-state index contributed by atoms with van der Waals surface area (Å²) >= 11 is 0. The molecule has 2 atom stereocenters. The second-order valence-corrected chi connectivity index (χ2v) is 19.0. The van der Waals surface area contributed by atoms with Crippen LogP contribution in [0.15, 0.2) is 102 Å². The number of aromatic nitrogens is 7. The van der Waals surface area contributed by atoms with Crippen LogP contribution in [-0.2, 0) is 23.7 Å². The van der Waals surface area contributed by atoms with Gasteiger partial charge in [-0.25, -0.2) is 23.8 Å². The van der Waals surface area contributed by atoms with Crippen LogP contribution in [0.1, 0.15) is 63.6 Å². The van der Waals surface area contributed by atoms with Gasteiger partial charge in [0.1, 0.15) is 5.82 Å². The number of para-hydroxylation sites is 1. The third-order valence-electron chi connectivity index (χ3n) is 15.0. The summed E-state index contributed by atoms with van der Waals surface area (Å²) in [4.78, 5) is 72.0. The number of carbonyl (C=O) groups excluding carboxylic acids is 3. The number of hydrogen-bond donors (Lipinski definition) is 1. The van der Waals surface area contributed by atoms with E-state index in [0.717, 1.165) is 107 Å². The van der Waals surface area contributed by atoms with Crippen LogP contribution >= 0.6 is 0 Å². The minimum absolute atomic E-state index is 0.153. The first-order valence-electron chi connectivity index (χ1n) is 25.4. The Hall–Kier alpha value is -7.86. The van der Waals surface area contributed by atoms with Crippen molar-refractivity contribution in [3.05, 3.63) is 119 Å². The molecule has 0 spiro atoms. The monoisotopic (exact) mass is 986 g/mol. The predicted octanol–water partition coefficient (Wildman–Crippen LogP) is 7.07. The molecule has 4 aliphatic heterocycles. The Kier molecular flexibility index (Phi) is 13.6. The molecule has 7 aromatic rings. The van der Waals surface area contributed by atoms with Crippen molar-refractivity contribution < 1.29 is 19.1 Å². The highest BCUT2D eigenvalue weighted by Crippen LogP contribution is 2.40. The number of benzene rings is 3. The average Bonchev–Trinajstić information content (AvgIpc) is 4.07. The van der Waals surface area contributed by atoms with Gasteiger partial charge in [-0.2, -0.15) is 5.10 Å². The van der Waals surface area contributed by atoms with E-state index in [4.69, 9.17) is 14.8 Å². The van der Waals surface area contributed by atoms with E-state index in [1.54, 1.807) is 35.4 Å². The number of fused-ring (bicyclic) bond motifs is 1. The summed E-state index contributed by atoms with van der Waals surface area (Å²) in [6, 6.07) is 27.4. The van der Waals surface area contributed by atoms with E-state index in [-0.39, 0.29) is 29.5 Å². The molecule has 378 valence electrons. The molecule has 8 heterocycles. The number of methoxy groups -OCH3 is 1. The standard InChI is InChI=1S/C53H57N13O5.C2H6/c1-33-32-62(26-27-63(33)37-20-24-61(25-21-37)45-10-6-9-42-47(57-59(3)48(42)45)43-17-18-46(67)56-50(43)68)36-13-11-35(12-14-36)44-30-38(66-51(71-5)58-60(4)52(66)69)15-16-41(44)40-19-23-55-49(34(40)2)65-29-28-64(53(65)70)39-8-7-22-54-31-39;1-2/h6-16,19,22-23,30-31,33,37,43H,17-18,20-21,24-29,32H2,1-5H3,(H,56,67,68);1-2H3/t33-,43?;/m0./s1. The fourth-order valence-corrected chi connectivity index (χ4v) is 11.4. The molecule has 1 unspecified atom stereocenters. The van der Waals surface area contributed by atoms with Gasteiger partial charge in [0.15, 0.2) is 0 Å². The molecule has 1 N–H and O–H groups in total. The number of anilines is 4. The predicted molar refractivity (Wildman–Crippen MR) is 284 cm³/mol. The van der Waals surface area contributed by atoms with Crippen LogP contribution in [0.5, 0.6) is 6.01 Å². The van der Waals surface area contributed by atoms with E-state index >= 15 is 0 Å². The summed E-state index contributed by atoms with van der Waals surface area (Å²) in [7, 11) is 5.05. The topological polar surface area (TPSA) is 172 Å². The van der Waals surface area contributed by atoms with Crippen LogP contribution < -0.4 is 35.3 Å². The van der Waals surface area contributed by atoms with Gasteiger partial charge in [0, 0.05) is 102 Å². The number of imide groups is 1. The number of pyridine rings is 2. The van der Waals surface area contributed by atoms with Crippen LogP contribution in [0.25, 0.3) is 38.8 Å². The maximum absolute atomic E-state index is 13.8. The number of nitrogens with zero attached hydrogens (tertiary/aromatic N) is 12. The van der Waals surface area contributed by atoms with Gasteiger partial charge in [0.2, 0.25) is 11.8 Å². The van der Waals surface area contributed by atoms with Crippen LogP contribution in [0.2, 0.25) is 0 Å². The zero-order valence-corrected chi connectivity index (χ0v) is 42.7. The second-order valence-electron chi connectivity index (χ2n) is 19.0. The molecule has 4 fully saturated rings. The van der Waals surface area contributed by atoms with Gasteiger partial charge < -0.3 is 14.5 Å². The molecule has 0 saturated carbocycles. The maximum atomic E-state index is 13.8. The first-order valence-corrected chi connectivity index (χ1v) is 25.4. The van der Waals surface area contributed by atoms with Gasteiger partial charge in [-0.3, -0.25) is 39.3 Å². The summed E-state index contributed by atoms with van der Waals surface area (Å²) < 4.78 is 10.2. The number of rotatable bonds is 10. The van der Waals surface area contributed by atoms with Gasteiger partial charge in [0.25, 0.3) is 0 Å². The second kappa shape index (κ2) is 20.3. The van der Waals surface area contributed by atoms with Gasteiger partial charge in [-0.05, 0) is 109 Å². The van der Waals surface area contributed by atoms with Crippen molar-refractivity contribution in [2.24, 2.45) is 14.1 Å². The average molecular weight is 986 g/mol. The summed E-state index contributed by atoms with van der Waals surface area (Å²) in [5.74, 6) is -0.330. The van der Waals surface area contributed by atoms with Crippen molar-refractivity contribution >= 4 is 51.6 Å². The van der Waals surface area contributed by atoms with Gasteiger partial charge in [-0.15, -0.1) is 5.10 Å². The van der Waals surface area contributed by atoms with Crippen molar-refractivity contribution in [3.63, 3.8) is 0 Å². The van der Waals surface area contributed by atoms with Crippen molar-refractivity contribution in [1.82, 2.24) is 44.3 Å². The van der Waals surface area contributed by atoms with E-state index in [1.807, 2.05) is 75.0 Å². The Balaban J connectivity index is 0.00000302. The number of piperidine rings is 2. The quantitative estimate of drug-likeness (QED) is 0.139. The summed E-state index contributed by atoms with van der Waals surface area (Å²) in [6.07, 6.45) is 8.02. The van der Waals surface area contributed by atoms with Crippen LogP contribution in [0.4, 0.5) is 27.7 Å². The van der Waals surface area contributed by atoms with Crippen molar-refractivity contribution in [2.75, 3.05) is 72.5 Å². The van der Waals surface area contributed by atoms with Crippen LogP contribution in [-0.4, -0.2) is 122 Å². The largest absolute Gasteiger partial charge is 0.467 e. The molecule has 0 aliphatic carbocycles. The third-order valence-corrected chi connectivity index (χ3v) is 15.0. The van der Waals surface area contributed by atoms with Crippen molar-refractivity contribution in [1.29, 1.82) is 0 Å². The number of amides is 4. The summed E-state index contributed by atoms with van der Waals surface area (Å²) in [5, 5.41) is 12.6. The fourth-order valence-electron chi connectivity index (χ4n) is 11.4.